The molecule has 0 fully saturated rings. The smallest absolute Gasteiger partial charge is 0.416 e. The summed E-state index contributed by atoms with van der Waals surface area (Å²) in [4.78, 5) is 22.9. The number of halogens is 3. The van der Waals surface area contributed by atoms with Crippen LogP contribution in [0.2, 0.25) is 0 Å². The van der Waals surface area contributed by atoms with Crippen molar-refractivity contribution in [3.8, 4) is 0 Å². The van der Waals surface area contributed by atoms with Crippen molar-refractivity contribution in [2.75, 3.05) is 11.9 Å². The molecule has 138 valence electrons. The van der Waals surface area contributed by atoms with Crippen LogP contribution in [0.5, 0.6) is 0 Å². The number of amides is 1. The standard InChI is InChI=1S/C9H10N4O2S.C7H5F3/c1-2-15-9(14)13-8-11-6-3-5(16)4-10-7(6)12-8;8-7(9,10)6-4-2-1-3-5-6/h3-4,16H,2H2,1H3,(H2,10,11,12,13,14);1-5H. The number of benzene rings is 1. The molecule has 2 aromatic heterocycles. The topological polar surface area (TPSA) is 79.9 Å². The number of hydrogen-bond acceptors (Lipinski definition) is 5. The molecule has 3 rings (SSSR count). The van der Waals surface area contributed by atoms with E-state index in [-0.39, 0.29) is 0 Å². The summed E-state index contributed by atoms with van der Waals surface area (Å²) >= 11 is 4.14. The van der Waals surface area contributed by atoms with Gasteiger partial charge in [0.05, 0.1) is 12.2 Å². The van der Waals surface area contributed by atoms with E-state index in [4.69, 9.17) is 4.74 Å². The van der Waals surface area contributed by atoms with Crippen molar-refractivity contribution in [1.82, 2.24) is 15.0 Å². The molecule has 0 aliphatic carbocycles. The van der Waals surface area contributed by atoms with Crippen LogP contribution in [-0.4, -0.2) is 27.7 Å². The molecule has 0 radical (unpaired) electrons. The van der Waals surface area contributed by atoms with E-state index >= 15 is 0 Å². The Morgan fingerprint density at radius 2 is 2.00 bits per heavy atom. The second kappa shape index (κ2) is 8.56. The third-order valence-corrected chi connectivity index (χ3v) is 3.16. The third kappa shape index (κ3) is 5.66. The van der Waals surface area contributed by atoms with Crippen LogP contribution < -0.4 is 5.32 Å². The Balaban J connectivity index is 0.000000209. The Hall–Kier alpha value is -2.75. The molecular formula is C16H15F3N4O2S. The molecule has 0 unspecified atom stereocenters. The normalized spacial score (nSPS) is 10.8. The monoisotopic (exact) mass is 384 g/mol. The second-order valence-electron chi connectivity index (χ2n) is 4.86. The van der Waals surface area contributed by atoms with E-state index in [1.807, 2.05) is 0 Å². The van der Waals surface area contributed by atoms with Gasteiger partial charge in [-0.15, -0.1) is 12.6 Å². The second-order valence-corrected chi connectivity index (χ2v) is 5.37. The van der Waals surface area contributed by atoms with E-state index in [0.717, 1.165) is 12.1 Å². The van der Waals surface area contributed by atoms with Crippen LogP contribution in [0.4, 0.5) is 23.9 Å². The number of carbonyl (C=O) groups is 1. The van der Waals surface area contributed by atoms with Gasteiger partial charge in [-0.05, 0) is 13.0 Å². The van der Waals surface area contributed by atoms with Gasteiger partial charge in [0.25, 0.3) is 0 Å². The Bertz CT molecular complexity index is 869. The van der Waals surface area contributed by atoms with E-state index in [1.165, 1.54) is 12.1 Å². The van der Waals surface area contributed by atoms with Crippen LogP contribution in [0, 0.1) is 0 Å². The fraction of sp³-hybridized carbons (Fsp3) is 0.188. The maximum absolute atomic E-state index is 11.8. The zero-order valence-electron chi connectivity index (χ0n) is 13.5. The number of ether oxygens (including phenoxy) is 1. The lowest BCUT2D eigenvalue weighted by Gasteiger charge is -2.03. The fourth-order valence-corrected chi connectivity index (χ4v) is 2.01. The van der Waals surface area contributed by atoms with Crippen LogP contribution in [-0.2, 0) is 10.9 Å². The number of hydrogen-bond donors (Lipinski definition) is 3. The SMILES string of the molecule is CCOC(=O)Nc1nc2cc(S)cnc2[nH]1.FC(F)(F)c1ccccc1. The number of nitrogens with one attached hydrogen (secondary N) is 2. The minimum Gasteiger partial charge on any atom is -0.450 e. The predicted octanol–water partition coefficient (Wildman–Crippen LogP) is 4.52. The van der Waals surface area contributed by atoms with Gasteiger partial charge in [-0.3, -0.25) is 5.32 Å². The van der Waals surface area contributed by atoms with E-state index in [9.17, 15) is 18.0 Å². The lowest BCUT2D eigenvalue weighted by Crippen LogP contribution is -2.14. The van der Waals surface area contributed by atoms with Crippen molar-refractivity contribution >= 4 is 35.8 Å². The molecule has 3 aromatic rings. The van der Waals surface area contributed by atoms with Gasteiger partial charge in [0, 0.05) is 11.1 Å². The number of anilines is 1. The van der Waals surface area contributed by atoms with Gasteiger partial charge in [-0.25, -0.2) is 14.8 Å². The molecule has 2 N–H and O–H groups in total. The number of H-pyrrole nitrogens is 1. The highest BCUT2D eigenvalue weighted by atomic mass is 32.1. The predicted molar refractivity (Wildman–Crippen MR) is 93.2 cm³/mol. The summed E-state index contributed by atoms with van der Waals surface area (Å²) in [6, 6.07) is 8.11. The summed E-state index contributed by atoms with van der Waals surface area (Å²) in [5, 5.41) is 2.46. The van der Waals surface area contributed by atoms with Gasteiger partial charge < -0.3 is 9.72 Å². The van der Waals surface area contributed by atoms with Crippen molar-refractivity contribution in [2.45, 2.75) is 18.0 Å². The molecular weight excluding hydrogens is 369 g/mol. The molecule has 0 bridgehead atoms. The summed E-state index contributed by atoms with van der Waals surface area (Å²) in [5.41, 5.74) is 0.624. The van der Waals surface area contributed by atoms with Crippen LogP contribution >= 0.6 is 12.6 Å². The average Bonchev–Trinajstić information content (AvgIpc) is 2.97. The van der Waals surface area contributed by atoms with E-state index in [1.54, 1.807) is 25.3 Å². The number of carbonyl (C=O) groups excluding carboxylic acids is 1. The summed E-state index contributed by atoms with van der Waals surface area (Å²) < 4.78 is 40.1. The van der Waals surface area contributed by atoms with Crippen LogP contribution in [0.15, 0.2) is 47.5 Å². The fourth-order valence-electron chi connectivity index (χ4n) is 1.83. The van der Waals surface area contributed by atoms with Crippen molar-refractivity contribution in [1.29, 1.82) is 0 Å². The Labute approximate surface area is 152 Å². The van der Waals surface area contributed by atoms with Gasteiger partial charge in [0.1, 0.15) is 5.52 Å². The van der Waals surface area contributed by atoms with Crippen molar-refractivity contribution in [2.24, 2.45) is 0 Å². The zero-order chi connectivity index (χ0) is 19.2. The molecule has 0 saturated heterocycles. The number of rotatable bonds is 2. The van der Waals surface area contributed by atoms with Crippen LogP contribution in [0.25, 0.3) is 11.2 Å². The van der Waals surface area contributed by atoms with Gasteiger partial charge in [-0.1, -0.05) is 30.3 Å². The molecule has 26 heavy (non-hydrogen) atoms. The lowest BCUT2D eigenvalue weighted by molar-refractivity contribution is -0.137. The number of fused-ring (bicyclic) bond motifs is 1. The summed E-state index contributed by atoms with van der Waals surface area (Å²) in [7, 11) is 0. The third-order valence-electron chi connectivity index (χ3n) is 2.92. The first-order chi connectivity index (χ1) is 12.3. The van der Waals surface area contributed by atoms with E-state index in [2.05, 4.69) is 32.9 Å². The van der Waals surface area contributed by atoms with Gasteiger partial charge in [0.2, 0.25) is 5.95 Å². The Morgan fingerprint density at radius 3 is 2.58 bits per heavy atom. The molecule has 0 saturated carbocycles. The molecule has 1 amide bonds. The van der Waals surface area contributed by atoms with Gasteiger partial charge in [-0.2, -0.15) is 13.2 Å². The number of alkyl halides is 3. The first-order valence-corrected chi connectivity index (χ1v) is 7.85. The van der Waals surface area contributed by atoms with E-state index in [0.29, 0.717) is 28.6 Å². The number of thiol groups is 1. The molecule has 1 aromatic carbocycles. The Morgan fingerprint density at radius 1 is 1.31 bits per heavy atom. The maximum Gasteiger partial charge on any atom is 0.416 e. The largest absolute Gasteiger partial charge is 0.450 e. The van der Waals surface area contributed by atoms with E-state index < -0.39 is 17.8 Å². The summed E-state index contributed by atoms with van der Waals surface area (Å²) in [6.07, 6.45) is -3.16. The molecule has 0 spiro atoms. The highest BCUT2D eigenvalue weighted by molar-refractivity contribution is 7.80. The van der Waals surface area contributed by atoms with Crippen molar-refractivity contribution in [3.63, 3.8) is 0 Å². The summed E-state index contributed by atoms with van der Waals surface area (Å²) in [5.74, 6) is 0.305. The highest BCUT2D eigenvalue weighted by Gasteiger charge is 2.29. The number of aromatic nitrogens is 3. The molecule has 0 aliphatic heterocycles. The van der Waals surface area contributed by atoms with Gasteiger partial charge >= 0.3 is 12.3 Å². The minimum atomic E-state index is -4.21. The number of imidazole rings is 1. The number of pyridine rings is 1. The van der Waals surface area contributed by atoms with Crippen molar-refractivity contribution < 1.29 is 22.7 Å². The quantitative estimate of drug-likeness (QED) is 0.568. The minimum absolute atomic E-state index is 0.305. The average molecular weight is 384 g/mol. The van der Waals surface area contributed by atoms with Crippen LogP contribution in [0.1, 0.15) is 12.5 Å². The number of aromatic amines is 1. The molecule has 10 heteroatoms. The van der Waals surface area contributed by atoms with Gasteiger partial charge in [0.15, 0.2) is 5.65 Å². The van der Waals surface area contributed by atoms with Crippen LogP contribution in [0.3, 0.4) is 0 Å². The molecule has 6 nitrogen and oxygen atoms in total. The lowest BCUT2D eigenvalue weighted by atomic mass is 10.2. The molecule has 0 atom stereocenters. The highest BCUT2D eigenvalue weighted by Crippen LogP contribution is 2.28. The molecule has 0 aliphatic rings. The Kier molecular flexibility index (Phi) is 6.45. The van der Waals surface area contributed by atoms with Crippen molar-refractivity contribution in [3.05, 3.63) is 48.2 Å². The maximum atomic E-state index is 11.8. The molecule has 2 heterocycles. The first kappa shape index (κ1) is 19.6. The summed E-state index contributed by atoms with van der Waals surface area (Å²) in [6.45, 7) is 2.04. The number of nitrogens with zero attached hydrogens (tertiary/aromatic N) is 2. The zero-order valence-corrected chi connectivity index (χ0v) is 14.4. The first-order valence-electron chi connectivity index (χ1n) is 7.40.